The van der Waals surface area contributed by atoms with Gasteiger partial charge in [-0.1, -0.05) is 23.8 Å². The first-order valence-corrected chi connectivity index (χ1v) is 6.93. The van der Waals surface area contributed by atoms with E-state index in [0.717, 1.165) is 39.2 Å². The Kier molecular flexibility index (Phi) is 2.59. The molecule has 0 radical (unpaired) electrons. The summed E-state index contributed by atoms with van der Waals surface area (Å²) in [7, 11) is 0. The van der Waals surface area contributed by atoms with Gasteiger partial charge in [0.05, 0.1) is 11.0 Å². The maximum Gasteiger partial charge on any atom is 0.174 e. The molecule has 0 spiro atoms. The highest BCUT2D eigenvalue weighted by atomic mass is 16.3. The van der Waals surface area contributed by atoms with Crippen LogP contribution >= 0.6 is 0 Å². The van der Waals surface area contributed by atoms with Gasteiger partial charge in [0.1, 0.15) is 5.58 Å². The van der Waals surface area contributed by atoms with Crippen LogP contribution in [0.3, 0.4) is 0 Å². The van der Waals surface area contributed by atoms with Crippen LogP contribution < -0.4 is 5.73 Å². The summed E-state index contributed by atoms with van der Waals surface area (Å²) < 4.78 is 5.89. The second kappa shape index (κ2) is 4.46. The standard InChI is InChI=1S/C17H15N3O/c1-10-5-6-14-12(7-10)8-15(21-14)17-19-13-4-2-3-11(9-18)16(13)20-17/h2-8H,9,18H2,1H3,(H,19,20). The van der Waals surface area contributed by atoms with E-state index in [2.05, 4.69) is 23.0 Å². The van der Waals surface area contributed by atoms with Gasteiger partial charge in [-0.25, -0.2) is 4.98 Å². The number of hydrogen-bond donors (Lipinski definition) is 2. The summed E-state index contributed by atoms with van der Waals surface area (Å²) in [4.78, 5) is 7.94. The molecule has 0 aliphatic rings. The first-order valence-electron chi connectivity index (χ1n) is 6.93. The van der Waals surface area contributed by atoms with E-state index in [1.807, 2.05) is 36.4 Å². The Hall–Kier alpha value is -2.59. The van der Waals surface area contributed by atoms with Crippen LogP contribution in [0.2, 0.25) is 0 Å². The monoisotopic (exact) mass is 277 g/mol. The lowest BCUT2D eigenvalue weighted by Crippen LogP contribution is -1.96. The molecule has 4 heteroatoms. The van der Waals surface area contributed by atoms with Crippen LogP contribution in [0.1, 0.15) is 11.1 Å². The molecule has 0 bridgehead atoms. The smallest absolute Gasteiger partial charge is 0.174 e. The van der Waals surface area contributed by atoms with Gasteiger partial charge < -0.3 is 15.1 Å². The lowest BCUT2D eigenvalue weighted by atomic mass is 10.2. The zero-order valence-electron chi connectivity index (χ0n) is 11.7. The number of imidazole rings is 1. The van der Waals surface area contributed by atoms with Gasteiger partial charge in [0.25, 0.3) is 0 Å². The number of nitrogens with two attached hydrogens (primary N) is 1. The van der Waals surface area contributed by atoms with Gasteiger partial charge in [0.15, 0.2) is 11.6 Å². The molecule has 0 amide bonds. The predicted molar refractivity (Wildman–Crippen MR) is 83.9 cm³/mol. The number of hydrogen-bond acceptors (Lipinski definition) is 3. The van der Waals surface area contributed by atoms with Crippen molar-refractivity contribution >= 4 is 22.0 Å². The summed E-state index contributed by atoms with van der Waals surface area (Å²) in [6.07, 6.45) is 0. The van der Waals surface area contributed by atoms with Crippen molar-refractivity contribution in [2.45, 2.75) is 13.5 Å². The molecule has 0 aliphatic heterocycles. The summed E-state index contributed by atoms with van der Waals surface area (Å²) in [5.41, 5.74) is 10.8. The van der Waals surface area contributed by atoms with Gasteiger partial charge in [-0.15, -0.1) is 0 Å². The molecule has 3 N–H and O–H groups in total. The van der Waals surface area contributed by atoms with Gasteiger partial charge in [-0.3, -0.25) is 0 Å². The molecule has 0 saturated heterocycles. The van der Waals surface area contributed by atoms with Crippen molar-refractivity contribution in [1.29, 1.82) is 0 Å². The van der Waals surface area contributed by atoms with Crippen LogP contribution in [-0.2, 0) is 6.54 Å². The summed E-state index contributed by atoms with van der Waals surface area (Å²) in [6, 6.07) is 14.1. The molecule has 0 unspecified atom stereocenters. The van der Waals surface area contributed by atoms with Gasteiger partial charge in [0, 0.05) is 11.9 Å². The third-order valence-corrected chi connectivity index (χ3v) is 3.72. The van der Waals surface area contributed by atoms with Crippen molar-refractivity contribution < 1.29 is 4.42 Å². The molecule has 0 aliphatic carbocycles. The molecule has 0 atom stereocenters. The topological polar surface area (TPSA) is 67.8 Å². The van der Waals surface area contributed by atoms with Crippen LogP contribution in [0.25, 0.3) is 33.6 Å². The number of aryl methyl sites for hydroxylation is 1. The fourth-order valence-corrected chi connectivity index (χ4v) is 2.65. The summed E-state index contributed by atoms with van der Waals surface area (Å²) in [5, 5.41) is 1.09. The first kappa shape index (κ1) is 12.2. The molecule has 4 aromatic rings. The SMILES string of the molecule is Cc1ccc2oc(-c3nc4c(CN)cccc4[nH]3)cc2c1. The number of rotatable bonds is 2. The van der Waals surface area contributed by atoms with Crippen molar-refractivity contribution in [3.8, 4) is 11.6 Å². The predicted octanol–water partition coefficient (Wildman–Crippen LogP) is 3.74. The second-order valence-corrected chi connectivity index (χ2v) is 5.25. The number of nitrogens with zero attached hydrogens (tertiary/aromatic N) is 1. The highest BCUT2D eigenvalue weighted by molar-refractivity contribution is 5.85. The Morgan fingerprint density at radius 1 is 1.19 bits per heavy atom. The van der Waals surface area contributed by atoms with E-state index in [4.69, 9.17) is 10.2 Å². The van der Waals surface area contributed by atoms with E-state index < -0.39 is 0 Å². The average Bonchev–Trinajstić information content (AvgIpc) is 3.09. The minimum absolute atomic E-state index is 0.473. The Labute approximate surface area is 121 Å². The van der Waals surface area contributed by atoms with E-state index in [9.17, 15) is 0 Å². The average molecular weight is 277 g/mol. The van der Waals surface area contributed by atoms with Crippen molar-refractivity contribution in [3.05, 3.63) is 53.6 Å². The number of nitrogens with one attached hydrogen (secondary N) is 1. The van der Waals surface area contributed by atoms with Gasteiger partial charge >= 0.3 is 0 Å². The lowest BCUT2D eigenvalue weighted by molar-refractivity contribution is 0.626. The van der Waals surface area contributed by atoms with Gasteiger partial charge in [0.2, 0.25) is 0 Å². The Balaban J connectivity index is 1.91. The molecule has 0 fully saturated rings. The Morgan fingerprint density at radius 3 is 2.95 bits per heavy atom. The van der Waals surface area contributed by atoms with Gasteiger partial charge in [-0.2, -0.15) is 0 Å². The molecule has 0 saturated carbocycles. The fourth-order valence-electron chi connectivity index (χ4n) is 2.65. The van der Waals surface area contributed by atoms with Gasteiger partial charge in [-0.05, 0) is 36.8 Å². The third kappa shape index (κ3) is 1.92. The molecule has 2 heterocycles. The summed E-state index contributed by atoms with van der Waals surface area (Å²) in [5.74, 6) is 1.48. The number of aromatic amines is 1. The number of fused-ring (bicyclic) bond motifs is 2. The minimum atomic E-state index is 0.473. The Bertz CT molecular complexity index is 949. The lowest BCUT2D eigenvalue weighted by Gasteiger charge is -1.95. The molecule has 2 aromatic heterocycles. The highest BCUT2D eigenvalue weighted by Gasteiger charge is 2.12. The van der Waals surface area contributed by atoms with E-state index in [-0.39, 0.29) is 0 Å². The molecule has 4 nitrogen and oxygen atoms in total. The largest absolute Gasteiger partial charge is 0.453 e. The summed E-state index contributed by atoms with van der Waals surface area (Å²) in [6.45, 7) is 2.54. The maximum absolute atomic E-state index is 5.89. The number of para-hydroxylation sites is 1. The normalized spacial score (nSPS) is 11.5. The van der Waals surface area contributed by atoms with Crippen LogP contribution in [-0.4, -0.2) is 9.97 Å². The molecular weight excluding hydrogens is 262 g/mol. The first-order chi connectivity index (χ1) is 10.2. The van der Waals surface area contributed by atoms with Crippen molar-refractivity contribution in [2.24, 2.45) is 5.73 Å². The third-order valence-electron chi connectivity index (χ3n) is 3.72. The molecule has 21 heavy (non-hydrogen) atoms. The zero-order chi connectivity index (χ0) is 14.4. The van der Waals surface area contributed by atoms with Crippen LogP contribution in [0.5, 0.6) is 0 Å². The zero-order valence-corrected chi connectivity index (χ0v) is 11.7. The maximum atomic E-state index is 5.89. The number of benzene rings is 2. The molecular formula is C17H15N3O. The molecule has 2 aromatic carbocycles. The van der Waals surface area contributed by atoms with Crippen molar-refractivity contribution in [2.75, 3.05) is 0 Å². The molecule has 4 rings (SSSR count). The fraction of sp³-hybridized carbons (Fsp3) is 0.118. The van der Waals surface area contributed by atoms with E-state index in [1.165, 1.54) is 5.56 Å². The van der Waals surface area contributed by atoms with Crippen LogP contribution in [0, 0.1) is 6.92 Å². The highest BCUT2D eigenvalue weighted by Crippen LogP contribution is 2.28. The van der Waals surface area contributed by atoms with E-state index >= 15 is 0 Å². The summed E-state index contributed by atoms with van der Waals surface area (Å²) >= 11 is 0. The minimum Gasteiger partial charge on any atom is -0.453 e. The van der Waals surface area contributed by atoms with Crippen molar-refractivity contribution in [3.63, 3.8) is 0 Å². The number of furan rings is 1. The second-order valence-electron chi connectivity index (χ2n) is 5.25. The van der Waals surface area contributed by atoms with E-state index in [1.54, 1.807) is 0 Å². The number of aromatic nitrogens is 2. The van der Waals surface area contributed by atoms with E-state index in [0.29, 0.717) is 6.54 Å². The quantitative estimate of drug-likeness (QED) is 0.586. The van der Waals surface area contributed by atoms with Crippen LogP contribution in [0.4, 0.5) is 0 Å². The van der Waals surface area contributed by atoms with Crippen molar-refractivity contribution in [1.82, 2.24) is 9.97 Å². The Morgan fingerprint density at radius 2 is 2.10 bits per heavy atom. The number of H-pyrrole nitrogens is 1. The van der Waals surface area contributed by atoms with Crippen LogP contribution in [0.15, 0.2) is 46.9 Å². The molecule has 104 valence electrons.